The molecule has 1 fully saturated rings. The minimum Gasteiger partial charge on any atom is -0.392 e. The van der Waals surface area contributed by atoms with E-state index in [1.165, 1.54) is 23.1 Å². The van der Waals surface area contributed by atoms with Crippen molar-refractivity contribution in [2.45, 2.75) is 25.4 Å². The molecule has 1 saturated heterocycles. The number of esters is 2. The zero-order valence-corrected chi connectivity index (χ0v) is 10.8. The molecule has 0 bridgehead atoms. The van der Waals surface area contributed by atoms with Crippen molar-refractivity contribution in [1.29, 1.82) is 0 Å². The van der Waals surface area contributed by atoms with Gasteiger partial charge in [-0.2, -0.15) is 0 Å². The number of cyclic esters (lactones) is 2. The predicted molar refractivity (Wildman–Crippen MR) is 67.1 cm³/mol. The predicted octanol–water partition coefficient (Wildman–Crippen LogP) is 0.783. The second-order valence-corrected chi connectivity index (χ2v) is 4.84. The Bertz CT molecular complexity index is 683. The van der Waals surface area contributed by atoms with Crippen molar-refractivity contribution in [3.63, 3.8) is 0 Å². The SMILES string of the molecule is O=C1CCC(N2Cc3c(cccc3[N+](=O)[O-])C2=O)C(=O)O1. The minimum absolute atomic E-state index is 0.0285. The fourth-order valence-corrected chi connectivity index (χ4v) is 2.65. The number of fused-ring (bicyclic) bond motifs is 1. The number of hydrogen-bond acceptors (Lipinski definition) is 6. The Morgan fingerprint density at radius 3 is 2.71 bits per heavy atom. The molecule has 1 aromatic rings. The van der Waals surface area contributed by atoms with Crippen molar-refractivity contribution in [1.82, 2.24) is 4.90 Å². The normalized spacial score (nSPS) is 21.2. The summed E-state index contributed by atoms with van der Waals surface area (Å²) in [5.74, 6) is -1.86. The average Bonchev–Trinajstić information content (AvgIpc) is 2.76. The van der Waals surface area contributed by atoms with Crippen molar-refractivity contribution in [3.8, 4) is 0 Å². The summed E-state index contributed by atoms with van der Waals surface area (Å²) in [6.07, 6.45) is 0.212. The molecule has 0 saturated carbocycles. The highest BCUT2D eigenvalue weighted by Crippen LogP contribution is 2.33. The molecule has 0 aliphatic carbocycles. The van der Waals surface area contributed by atoms with E-state index >= 15 is 0 Å². The van der Waals surface area contributed by atoms with Gasteiger partial charge in [0.05, 0.1) is 22.6 Å². The van der Waals surface area contributed by atoms with Gasteiger partial charge in [0.2, 0.25) is 0 Å². The van der Waals surface area contributed by atoms with Crippen LogP contribution in [0.2, 0.25) is 0 Å². The van der Waals surface area contributed by atoms with Crippen molar-refractivity contribution >= 4 is 23.5 Å². The van der Waals surface area contributed by atoms with Crippen LogP contribution in [0.1, 0.15) is 28.8 Å². The molecule has 1 unspecified atom stereocenters. The number of amides is 1. The minimum atomic E-state index is -0.873. The molecule has 0 N–H and O–H groups in total. The van der Waals surface area contributed by atoms with Crippen LogP contribution < -0.4 is 0 Å². The van der Waals surface area contributed by atoms with Gasteiger partial charge >= 0.3 is 11.9 Å². The zero-order valence-electron chi connectivity index (χ0n) is 10.8. The molecule has 0 spiro atoms. The highest BCUT2D eigenvalue weighted by atomic mass is 16.6. The molecular weight excluding hydrogens is 280 g/mol. The molecule has 1 atom stereocenters. The van der Waals surface area contributed by atoms with Crippen LogP contribution in [0, 0.1) is 10.1 Å². The summed E-state index contributed by atoms with van der Waals surface area (Å²) in [7, 11) is 0. The van der Waals surface area contributed by atoms with Crippen LogP contribution in [0.15, 0.2) is 18.2 Å². The molecular formula is C13H10N2O6. The van der Waals surface area contributed by atoms with Gasteiger partial charge in [0.15, 0.2) is 0 Å². The number of hydrogen-bond donors (Lipinski definition) is 0. The molecule has 8 nitrogen and oxygen atoms in total. The molecule has 2 aliphatic heterocycles. The van der Waals surface area contributed by atoms with E-state index in [4.69, 9.17) is 0 Å². The molecule has 0 aromatic heterocycles. The number of carbonyl (C=O) groups excluding carboxylic acids is 3. The lowest BCUT2D eigenvalue weighted by Crippen LogP contribution is -2.46. The second-order valence-electron chi connectivity index (χ2n) is 4.84. The first-order chi connectivity index (χ1) is 9.99. The third kappa shape index (κ3) is 2.04. The zero-order chi connectivity index (χ0) is 15.1. The average molecular weight is 290 g/mol. The summed E-state index contributed by atoms with van der Waals surface area (Å²) in [5.41, 5.74) is 0.356. The topological polar surface area (TPSA) is 107 Å². The quantitative estimate of drug-likeness (QED) is 0.345. The standard InChI is InChI=1S/C13H10N2O6/c16-11-5-4-10(13(18)21-11)14-6-8-7(12(14)17)2-1-3-9(8)15(19)20/h1-3,10H,4-6H2. The Morgan fingerprint density at radius 1 is 1.29 bits per heavy atom. The van der Waals surface area contributed by atoms with Crippen LogP contribution in [-0.2, 0) is 20.9 Å². The van der Waals surface area contributed by atoms with Crippen LogP contribution in [-0.4, -0.2) is 33.7 Å². The summed E-state index contributed by atoms with van der Waals surface area (Å²) in [6, 6.07) is 3.37. The van der Waals surface area contributed by atoms with Crippen LogP contribution in [0.25, 0.3) is 0 Å². The number of rotatable bonds is 2. The maximum Gasteiger partial charge on any atom is 0.336 e. The fourth-order valence-electron chi connectivity index (χ4n) is 2.65. The Morgan fingerprint density at radius 2 is 2.05 bits per heavy atom. The Labute approximate surface area is 118 Å². The molecule has 1 amide bonds. The number of benzene rings is 1. The molecule has 108 valence electrons. The van der Waals surface area contributed by atoms with Gasteiger partial charge in [0, 0.05) is 12.5 Å². The molecule has 1 aromatic carbocycles. The van der Waals surface area contributed by atoms with E-state index in [9.17, 15) is 24.5 Å². The lowest BCUT2D eigenvalue weighted by Gasteiger charge is -2.28. The van der Waals surface area contributed by atoms with Crippen LogP contribution >= 0.6 is 0 Å². The largest absolute Gasteiger partial charge is 0.392 e. The molecule has 21 heavy (non-hydrogen) atoms. The van der Waals surface area contributed by atoms with E-state index in [2.05, 4.69) is 4.74 Å². The molecule has 3 rings (SSSR count). The summed E-state index contributed by atoms with van der Waals surface area (Å²) in [4.78, 5) is 46.8. The Hall–Kier alpha value is -2.77. The molecule has 2 heterocycles. The second kappa shape index (κ2) is 4.65. The van der Waals surface area contributed by atoms with Crippen molar-refractivity contribution < 1.29 is 24.0 Å². The number of nitrogens with zero attached hydrogens (tertiary/aromatic N) is 2. The van der Waals surface area contributed by atoms with Crippen LogP contribution in [0.5, 0.6) is 0 Å². The van der Waals surface area contributed by atoms with Crippen molar-refractivity contribution in [2.24, 2.45) is 0 Å². The van der Waals surface area contributed by atoms with Gasteiger partial charge in [-0.25, -0.2) is 4.79 Å². The van der Waals surface area contributed by atoms with E-state index < -0.39 is 28.8 Å². The van der Waals surface area contributed by atoms with Gasteiger partial charge in [-0.3, -0.25) is 19.7 Å². The van der Waals surface area contributed by atoms with Crippen molar-refractivity contribution in [2.75, 3.05) is 0 Å². The van der Waals surface area contributed by atoms with Gasteiger partial charge in [-0.15, -0.1) is 0 Å². The van der Waals surface area contributed by atoms with E-state index in [1.54, 1.807) is 0 Å². The number of ether oxygens (including phenoxy) is 1. The van der Waals surface area contributed by atoms with Gasteiger partial charge in [-0.1, -0.05) is 6.07 Å². The number of nitro groups is 1. The van der Waals surface area contributed by atoms with Gasteiger partial charge in [0.1, 0.15) is 6.04 Å². The first kappa shape index (κ1) is 13.2. The van der Waals surface area contributed by atoms with E-state index in [0.29, 0.717) is 0 Å². The van der Waals surface area contributed by atoms with Crippen LogP contribution in [0.4, 0.5) is 5.69 Å². The van der Waals surface area contributed by atoms with Crippen molar-refractivity contribution in [3.05, 3.63) is 39.4 Å². The van der Waals surface area contributed by atoms with Gasteiger partial charge in [0.25, 0.3) is 11.6 Å². The maximum atomic E-state index is 12.3. The van der Waals surface area contributed by atoms with Gasteiger partial charge in [-0.05, 0) is 12.5 Å². The molecule has 2 aliphatic rings. The first-order valence-corrected chi connectivity index (χ1v) is 6.31. The third-order valence-electron chi connectivity index (χ3n) is 3.65. The number of nitro benzene ring substituents is 1. The van der Waals surface area contributed by atoms with Gasteiger partial charge < -0.3 is 9.64 Å². The van der Waals surface area contributed by atoms with E-state index in [-0.39, 0.29) is 36.2 Å². The monoisotopic (exact) mass is 290 g/mol. The van der Waals surface area contributed by atoms with E-state index in [1.807, 2.05) is 0 Å². The summed E-state index contributed by atoms with van der Waals surface area (Å²) in [5, 5.41) is 11.0. The van der Waals surface area contributed by atoms with E-state index in [0.717, 1.165) is 0 Å². The summed E-state index contributed by atoms with van der Waals surface area (Å²) < 4.78 is 4.53. The first-order valence-electron chi connectivity index (χ1n) is 6.31. The molecule has 0 radical (unpaired) electrons. The molecule has 8 heteroatoms. The lowest BCUT2D eigenvalue weighted by atomic mass is 10.1. The smallest absolute Gasteiger partial charge is 0.336 e. The van der Waals surface area contributed by atoms with Crippen LogP contribution in [0.3, 0.4) is 0 Å². The summed E-state index contributed by atoms with van der Waals surface area (Å²) >= 11 is 0. The fraction of sp³-hybridized carbons (Fsp3) is 0.308. The highest BCUT2D eigenvalue weighted by Gasteiger charge is 2.42. The highest BCUT2D eigenvalue weighted by molar-refractivity contribution is 6.03. The maximum absolute atomic E-state index is 12.3. The Balaban J connectivity index is 1.94. The number of carbonyl (C=O) groups is 3. The third-order valence-corrected chi connectivity index (χ3v) is 3.65. The Kier molecular flexibility index (Phi) is 2.93. The summed E-state index contributed by atoms with van der Waals surface area (Å²) in [6.45, 7) is -0.0285. The lowest BCUT2D eigenvalue weighted by molar-refractivity contribution is -0.385.